The number of carbonyl (C=O) groups excluding carboxylic acids is 1. The molecule has 1 aromatic rings. The van der Waals surface area contributed by atoms with Crippen LogP contribution in [0.15, 0.2) is 0 Å². The van der Waals surface area contributed by atoms with Crippen LogP contribution in [-0.4, -0.2) is 17.1 Å². The van der Waals surface area contributed by atoms with E-state index in [-0.39, 0.29) is 6.03 Å². The van der Waals surface area contributed by atoms with Crippen molar-refractivity contribution in [2.24, 2.45) is 0 Å². The van der Waals surface area contributed by atoms with E-state index in [1.807, 2.05) is 0 Å². The summed E-state index contributed by atoms with van der Waals surface area (Å²) in [5, 5.41) is 6.43. The van der Waals surface area contributed by atoms with E-state index in [9.17, 15) is 4.79 Å². The average Bonchev–Trinajstić information content (AvgIpc) is 2.73. The molecule has 4 nitrogen and oxygen atoms in total. The lowest BCUT2D eigenvalue weighted by molar-refractivity contribution is 0.251. The molecule has 2 aliphatic rings. The molecular weight excluding hydrogens is 210 g/mol. The summed E-state index contributed by atoms with van der Waals surface area (Å²) < 4.78 is 0. The summed E-state index contributed by atoms with van der Waals surface area (Å²) in [6.07, 6.45) is 5.63. The molecule has 0 saturated heterocycles. The van der Waals surface area contributed by atoms with E-state index in [1.165, 1.54) is 17.0 Å². The van der Waals surface area contributed by atoms with Gasteiger partial charge in [0.15, 0.2) is 5.13 Å². The van der Waals surface area contributed by atoms with E-state index in [0.29, 0.717) is 6.04 Å². The molecule has 0 radical (unpaired) electrons. The second-order valence-corrected chi connectivity index (χ2v) is 5.20. The molecule has 2 amide bonds. The molecule has 80 valence electrons. The van der Waals surface area contributed by atoms with Gasteiger partial charge in [-0.25, -0.2) is 9.78 Å². The fraction of sp³-hybridized carbons (Fsp3) is 0.600. The molecule has 0 spiro atoms. The highest BCUT2D eigenvalue weighted by atomic mass is 32.1. The van der Waals surface area contributed by atoms with Gasteiger partial charge in [0.1, 0.15) is 0 Å². The molecule has 5 heteroatoms. The number of nitrogens with one attached hydrogen (secondary N) is 2. The maximum Gasteiger partial charge on any atom is 0.321 e. The summed E-state index contributed by atoms with van der Waals surface area (Å²) in [4.78, 5) is 17.2. The summed E-state index contributed by atoms with van der Waals surface area (Å²) in [6.45, 7) is 0. The third kappa shape index (κ3) is 1.97. The van der Waals surface area contributed by atoms with Gasteiger partial charge in [-0.15, -0.1) is 11.3 Å². The van der Waals surface area contributed by atoms with E-state index < -0.39 is 0 Å². The van der Waals surface area contributed by atoms with Crippen LogP contribution in [0.1, 0.15) is 29.8 Å². The predicted octanol–water partition coefficient (Wildman–Crippen LogP) is 1.92. The molecule has 1 aromatic heterocycles. The van der Waals surface area contributed by atoms with Crippen LogP contribution in [0.2, 0.25) is 0 Å². The molecule has 1 saturated carbocycles. The number of rotatable bonds is 2. The van der Waals surface area contributed by atoms with E-state index in [0.717, 1.165) is 30.8 Å². The summed E-state index contributed by atoms with van der Waals surface area (Å²) in [7, 11) is 0. The van der Waals surface area contributed by atoms with Crippen LogP contribution in [0.25, 0.3) is 0 Å². The minimum Gasteiger partial charge on any atom is -0.335 e. The summed E-state index contributed by atoms with van der Waals surface area (Å²) in [5.41, 5.74) is 1.18. The number of carbonyl (C=O) groups is 1. The highest BCUT2D eigenvalue weighted by Gasteiger charge is 2.24. The molecule has 0 aromatic carbocycles. The summed E-state index contributed by atoms with van der Waals surface area (Å²) in [6, 6.07) is 0.293. The van der Waals surface area contributed by atoms with Gasteiger partial charge in [-0.05, 0) is 32.1 Å². The minimum absolute atomic E-state index is 0.107. The number of aryl methyl sites for hydroxylation is 2. The van der Waals surface area contributed by atoms with Crippen molar-refractivity contribution in [1.82, 2.24) is 10.3 Å². The Kier molecular flexibility index (Phi) is 2.12. The molecular formula is C10H13N3OS. The van der Waals surface area contributed by atoms with Crippen LogP contribution in [0.5, 0.6) is 0 Å². The van der Waals surface area contributed by atoms with Crippen molar-refractivity contribution in [3.8, 4) is 0 Å². The van der Waals surface area contributed by atoms with Gasteiger partial charge in [0.2, 0.25) is 0 Å². The van der Waals surface area contributed by atoms with Crippen LogP contribution < -0.4 is 10.6 Å². The van der Waals surface area contributed by atoms with E-state index >= 15 is 0 Å². The average molecular weight is 223 g/mol. The smallest absolute Gasteiger partial charge is 0.321 e. The molecule has 1 fully saturated rings. The lowest BCUT2D eigenvalue weighted by atomic mass is 10.4. The van der Waals surface area contributed by atoms with Gasteiger partial charge in [0.25, 0.3) is 0 Å². The Hall–Kier alpha value is -1.10. The lowest BCUT2D eigenvalue weighted by Gasteiger charge is -2.02. The molecule has 2 N–H and O–H groups in total. The number of urea groups is 1. The maximum absolute atomic E-state index is 11.4. The molecule has 3 rings (SSSR count). The third-order valence-electron chi connectivity index (χ3n) is 2.73. The number of amides is 2. The predicted molar refractivity (Wildman–Crippen MR) is 59.3 cm³/mol. The van der Waals surface area contributed by atoms with Crippen molar-refractivity contribution < 1.29 is 4.79 Å². The molecule has 2 aliphatic carbocycles. The van der Waals surface area contributed by atoms with Crippen LogP contribution in [0.3, 0.4) is 0 Å². The normalized spacial score (nSPS) is 18.7. The summed E-state index contributed by atoms with van der Waals surface area (Å²) in [5.74, 6) is 0. The number of anilines is 1. The zero-order valence-electron chi connectivity index (χ0n) is 8.38. The third-order valence-corrected chi connectivity index (χ3v) is 3.80. The molecule has 0 aliphatic heterocycles. The molecule has 0 atom stereocenters. The zero-order chi connectivity index (χ0) is 10.3. The van der Waals surface area contributed by atoms with Crippen molar-refractivity contribution in [1.29, 1.82) is 0 Å². The van der Waals surface area contributed by atoms with Gasteiger partial charge < -0.3 is 5.32 Å². The van der Waals surface area contributed by atoms with Crippen molar-refractivity contribution >= 4 is 22.5 Å². The highest BCUT2D eigenvalue weighted by molar-refractivity contribution is 7.15. The molecule has 15 heavy (non-hydrogen) atoms. The second kappa shape index (κ2) is 3.48. The standard InChI is InChI=1S/C10H13N3OS/c14-9(11-6-4-5-6)13-10-12-7-2-1-3-8(7)15-10/h6H,1-5H2,(H2,11,12,13,14). The van der Waals surface area contributed by atoms with E-state index in [4.69, 9.17) is 0 Å². The highest BCUT2D eigenvalue weighted by Crippen LogP contribution is 2.30. The molecule has 0 unspecified atom stereocenters. The van der Waals surface area contributed by atoms with Gasteiger partial charge in [0.05, 0.1) is 5.69 Å². The van der Waals surface area contributed by atoms with Gasteiger partial charge in [-0.1, -0.05) is 0 Å². The Morgan fingerprint density at radius 3 is 3.00 bits per heavy atom. The maximum atomic E-state index is 11.4. The molecule has 0 bridgehead atoms. The van der Waals surface area contributed by atoms with Gasteiger partial charge in [0, 0.05) is 10.9 Å². The van der Waals surface area contributed by atoms with E-state index in [2.05, 4.69) is 15.6 Å². The van der Waals surface area contributed by atoms with Crippen LogP contribution in [0, 0.1) is 0 Å². The van der Waals surface area contributed by atoms with Crippen LogP contribution in [-0.2, 0) is 12.8 Å². The van der Waals surface area contributed by atoms with Gasteiger partial charge >= 0.3 is 6.03 Å². The zero-order valence-corrected chi connectivity index (χ0v) is 9.19. The fourth-order valence-corrected chi connectivity index (χ4v) is 2.83. The fourth-order valence-electron chi connectivity index (χ4n) is 1.79. The SMILES string of the molecule is O=C(Nc1nc2c(s1)CCC2)NC1CC1. The number of nitrogens with zero attached hydrogens (tertiary/aromatic N) is 1. The Bertz CT molecular complexity index is 376. The van der Waals surface area contributed by atoms with Gasteiger partial charge in [-0.2, -0.15) is 0 Å². The number of hydrogen-bond donors (Lipinski definition) is 2. The first-order chi connectivity index (χ1) is 7.31. The quantitative estimate of drug-likeness (QED) is 0.804. The monoisotopic (exact) mass is 223 g/mol. The van der Waals surface area contributed by atoms with E-state index in [1.54, 1.807) is 11.3 Å². The lowest BCUT2D eigenvalue weighted by Crippen LogP contribution is -2.30. The Labute approximate surface area is 92.1 Å². The Morgan fingerprint density at radius 2 is 2.27 bits per heavy atom. The topological polar surface area (TPSA) is 54.0 Å². The number of thiazole rings is 1. The minimum atomic E-state index is -0.107. The van der Waals surface area contributed by atoms with Gasteiger partial charge in [-0.3, -0.25) is 5.32 Å². The number of aromatic nitrogens is 1. The largest absolute Gasteiger partial charge is 0.335 e. The number of hydrogen-bond acceptors (Lipinski definition) is 3. The van der Waals surface area contributed by atoms with Crippen molar-refractivity contribution in [2.75, 3.05) is 5.32 Å². The Morgan fingerprint density at radius 1 is 1.40 bits per heavy atom. The Balaban J connectivity index is 1.63. The first-order valence-corrected chi connectivity index (χ1v) is 6.19. The number of fused-ring (bicyclic) bond motifs is 1. The molecule has 1 heterocycles. The van der Waals surface area contributed by atoms with Crippen molar-refractivity contribution in [2.45, 2.75) is 38.1 Å². The second-order valence-electron chi connectivity index (χ2n) is 4.12. The van der Waals surface area contributed by atoms with Crippen molar-refractivity contribution in [3.63, 3.8) is 0 Å². The first kappa shape index (κ1) is 9.15. The van der Waals surface area contributed by atoms with Crippen molar-refractivity contribution in [3.05, 3.63) is 10.6 Å². The summed E-state index contributed by atoms with van der Waals surface area (Å²) >= 11 is 1.61. The first-order valence-electron chi connectivity index (χ1n) is 5.37. The van der Waals surface area contributed by atoms with Crippen LogP contribution >= 0.6 is 11.3 Å². The van der Waals surface area contributed by atoms with Crippen LogP contribution in [0.4, 0.5) is 9.93 Å².